The predicted octanol–water partition coefficient (Wildman–Crippen LogP) is 1.10. The van der Waals surface area contributed by atoms with Crippen LogP contribution in [0.15, 0.2) is 12.2 Å². The third-order valence-corrected chi connectivity index (χ3v) is 1.80. The van der Waals surface area contributed by atoms with Gasteiger partial charge in [-0.3, -0.25) is 0 Å². The molecule has 0 aliphatic rings. The maximum atomic E-state index is 11.1. The van der Waals surface area contributed by atoms with E-state index in [-0.39, 0.29) is 6.61 Å². The first kappa shape index (κ1) is 14.1. The van der Waals surface area contributed by atoms with Gasteiger partial charge in [-0.2, -0.15) is 0 Å². The van der Waals surface area contributed by atoms with Gasteiger partial charge in [-0.15, -0.1) is 0 Å². The van der Waals surface area contributed by atoms with Crippen molar-refractivity contribution in [2.45, 2.75) is 32.5 Å². The first-order chi connectivity index (χ1) is 6.99. The molecule has 0 spiro atoms. The topological polar surface area (TPSA) is 55.8 Å². The van der Waals surface area contributed by atoms with Gasteiger partial charge in [0.1, 0.15) is 6.10 Å². The second-order valence-corrected chi connectivity index (χ2v) is 3.38. The van der Waals surface area contributed by atoms with E-state index in [4.69, 9.17) is 14.6 Å². The Morgan fingerprint density at radius 3 is 2.60 bits per heavy atom. The molecule has 0 fully saturated rings. The highest BCUT2D eigenvalue weighted by molar-refractivity contribution is 5.87. The monoisotopic (exact) mass is 215 g/mol. The van der Waals surface area contributed by atoms with Crippen molar-refractivity contribution in [2.24, 2.45) is 0 Å². The van der Waals surface area contributed by atoms with E-state index >= 15 is 0 Å². The van der Waals surface area contributed by atoms with Crippen LogP contribution in [-0.2, 0) is 14.3 Å². The molecule has 0 saturated heterocycles. The zero-order chi connectivity index (χ0) is 11.8. The number of carbonyl (C=O) groups excluding carboxylic acids is 1. The lowest BCUT2D eigenvalue weighted by molar-refractivity contribution is -0.149. The Morgan fingerprint density at radius 1 is 1.53 bits per heavy atom. The molecule has 0 aliphatic heterocycles. The summed E-state index contributed by atoms with van der Waals surface area (Å²) in [6, 6.07) is 0. The summed E-state index contributed by atoms with van der Waals surface area (Å²) in [5, 5.41) is 8.54. The quantitative estimate of drug-likeness (QED) is 0.392. The minimum atomic E-state index is -0.443. The summed E-state index contributed by atoms with van der Waals surface area (Å²) in [6.07, 6.45) is -0.305. The van der Waals surface area contributed by atoms with Crippen LogP contribution in [0.3, 0.4) is 0 Å². The zero-order valence-corrected chi connectivity index (χ0v) is 9.36. The summed E-state index contributed by atoms with van der Waals surface area (Å²) in [4.78, 5) is 11.1. The van der Waals surface area contributed by atoms with Crippen LogP contribution in [0, 0.1) is 6.92 Å². The average molecular weight is 215 g/mol. The van der Waals surface area contributed by atoms with E-state index in [0.29, 0.717) is 18.6 Å². The number of carbonyl (C=O) groups is 1. The van der Waals surface area contributed by atoms with Crippen LogP contribution in [0.25, 0.3) is 0 Å². The van der Waals surface area contributed by atoms with Crippen molar-refractivity contribution in [3.8, 4) is 0 Å². The normalized spacial score (nSPS) is 14.4. The first-order valence-corrected chi connectivity index (χ1v) is 4.91. The Bertz CT molecular complexity index is 213. The van der Waals surface area contributed by atoms with Gasteiger partial charge in [-0.25, -0.2) is 4.79 Å². The minimum absolute atomic E-state index is 0.0760. The van der Waals surface area contributed by atoms with Crippen molar-refractivity contribution in [3.05, 3.63) is 19.1 Å². The van der Waals surface area contributed by atoms with Gasteiger partial charge in [-0.1, -0.05) is 6.58 Å². The van der Waals surface area contributed by atoms with Crippen molar-refractivity contribution in [2.75, 3.05) is 13.2 Å². The highest BCUT2D eigenvalue weighted by Gasteiger charge is 2.17. The molecule has 0 saturated carbocycles. The van der Waals surface area contributed by atoms with Gasteiger partial charge in [0.15, 0.2) is 0 Å². The molecular weight excluding hydrogens is 196 g/mol. The Morgan fingerprint density at radius 2 is 2.13 bits per heavy atom. The van der Waals surface area contributed by atoms with Crippen LogP contribution in [0.2, 0.25) is 0 Å². The smallest absolute Gasteiger partial charge is 0.333 e. The standard InChI is InChI=1S/C11H19O4/c1-8(2)11(13)15-10(4)9(3)14-7-5-6-12/h9-10,12H,1,3,5-7H2,2,4H3. The Hall–Kier alpha value is -0.870. The molecule has 87 valence electrons. The molecule has 0 heterocycles. The summed E-state index contributed by atoms with van der Waals surface area (Å²) < 4.78 is 10.3. The largest absolute Gasteiger partial charge is 0.457 e. The summed E-state index contributed by atoms with van der Waals surface area (Å²) in [6.45, 7) is 11.0. The van der Waals surface area contributed by atoms with E-state index in [1.165, 1.54) is 0 Å². The molecule has 4 nitrogen and oxygen atoms in total. The van der Waals surface area contributed by atoms with Crippen molar-refractivity contribution in [1.82, 2.24) is 0 Å². The SMILES string of the molecule is [CH2]C(OCCCO)C(C)OC(=O)C(=C)C. The number of ether oxygens (including phenoxy) is 2. The van der Waals surface area contributed by atoms with E-state index in [9.17, 15) is 4.79 Å². The molecule has 0 aromatic rings. The minimum Gasteiger partial charge on any atom is -0.457 e. The van der Waals surface area contributed by atoms with Crippen LogP contribution in [0.5, 0.6) is 0 Å². The average Bonchev–Trinajstić information content (AvgIpc) is 2.17. The van der Waals surface area contributed by atoms with Gasteiger partial charge in [0.05, 0.1) is 6.10 Å². The molecular formula is C11H19O4. The van der Waals surface area contributed by atoms with Crippen LogP contribution >= 0.6 is 0 Å². The lowest BCUT2D eigenvalue weighted by Crippen LogP contribution is -2.29. The maximum absolute atomic E-state index is 11.1. The Labute approximate surface area is 90.9 Å². The number of rotatable bonds is 7. The molecule has 0 amide bonds. The van der Waals surface area contributed by atoms with Crippen LogP contribution in [0.4, 0.5) is 0 Å². The molecule has 15 heavy (non-hydrogen) atoms. The van der Waals surface area contributed by atoms with Gasteiger partial charge < -0.3 is 14.6 Å². The van der Waals surface area contributed by atoms with Gasteiger partial charge in [0, 0.05) is 18.8 Å². The maximum Gasteiger partial charge on any atom is 0.333 e. The fraction of sp³-hybridized carbons (Fsp3) is 0.636. The number of hydrogen-bond acceptors (Lipinski definition) is 4. The Kier molecular flexibility index (Phi) is 6.99. The molecule has 1 radical (unpaired) electrons. The molecule has 0 aromatic heterocycles. The zero-order valence-electron chi connectivity index (χ0n) is 9.36. The number of aliphatic hydroxyl groups is 1. The summed E-state index contributed by atoms with van der Waals surface area (Å²) in [5.74, 6) is -0.443. The van der Waals surface area contributed by atoms with Crippen molar-refractivity contribution >= 4 is 5.97 Å². The summed E-state index contributed by atoms with van der Waals surface area (Å²) >= 11 is 0. The molecule has 0 aliphatic carbocycles. The molecule has 1 N–H and O–H groups in total. The summed E-state index contributed by atoms with van der Waals surface area (Å²) in [5.41, 5.74) is 0.351. The highest BCUT2D eigenvalue weighted by atomic mass is 16.6. The van der Waals surface area contributed by atoms with Crippen molar-refractivity contribution in [3.63, 3.8) is 0 Å². The third-order valence-electron chi connectivity index (χ3n) is 1.80. The second-order valence-electron chi connectivity index (χ2n) is 3.38. The molecule has 4 heteroatoms. The molecule has 0 rings (SSSR count). The summed E-state index contributed by atoms with van der Waals surface area (Å²) in [7, 11) is 0. The van der Waals surface area contributed by atoms with E-state index < -0.39 is 18.2 Å². The van der Waals surface area contributed by atoms with Crippen molar-refractivity contribution in [1.29, 1.82) is 0 Å². The second kappa shape index (κ2) is 7.43. The first-order valence-electron chi connectivity index (χ1n) is 4.91. The Balaban J connectivity index is 3.82. The van der Waals surface area contributed by atoms with Crippen LogP contribution < -0.4 is 0 Å². The lowest BCUT2D eigenvalue weighted by Gasteiger charge is -2.20. The van der Waals surface area contributed by atoms with Crippen molar-refractivity contribution < 1.29 is 19.4 Å². The third kappa shape index (κ3) is 6.25. The fourth-order valence-corrected chi connectivity index (χ4v) is 0.780. The number of aliphatic hydroxyl groups excluding tert-OH is 1. The van der Waals surface area contributed by atoms with Gasteiger partial charge in [0.2, 0.25) is 0 Å². The van der Waals surface area contributed by atoms with Crippen LogP contribution in [-0.4, -0.2) is 36.5 Å². The predicted molar refractivity (Wildman–Crippen MR) is 57.2 cm³/mol. The lowest BCUT2D eigenvalue weighted by atomic mass is 10.2. The van der Waals surface area contributed by atoms with E-state index in [1.54, 1.807) is 13.8 Å². The fourth-order valence-electron chi connectivity index (χ4n) is 0.780. The molecule has 2 unspecified atom stereocenters. The van der Waals surface area contributed by atoms with Crippen LogP contribution in [0.1, 0.15) is 20.3 Å². The number of hydrogen-bond donors (Lipinski definition) is 1. The highest BCUT2D eigenvalue weighted by Crippen LogP contribution is 2.06. The van der Waals surface area contributed by atoms with Gasteiger partial charge in [-0.05, 0) is 27.2 Å². The number of esters is 1. The molecule has 0 bridgehead atoms. The van der Waals surface area contributed by atoms with Gasteiger partial charge in [0.25, 0.3) is 0 Å². The van der Waals surface area contributed by atoms with E-state index in [2.05, 4.69) is 13.5 Å². The molecule has 2 atom stereocenters. The van der Waals surface area contributed by atoms with E-state index in [1.807, 2.05) is 0 Å². The van der Waals surface area contributed by atoms with Gasteiger partial charge >= 0.3 is 5.97 Å². The van der Waals surface area contributed by atoms with E-state index in [0.717, 1.165) is 0 Å². The molecule has 0 aromatic carbocycles.